The summed E-state index contributed by atoms with van der Waals surface area (Å²) in [6.07, 6.45) is 0. The zero-order valence-electron chi connectivity index (χ0n) is 11.8. The molecule has 0 atom stereocenters. The number of nitrogens with one attached hydrogen (secondary N) is 1. The molecule has 0 aliphatic rings. The Morgan fingerprint density at radius 2 is 1.80 bits per heavy atom. The Kier molecular flexibility index (Phi) is 4.09. The van der Waals surface area contributed by atoms with E-state index in [0.717, 1.165) is 11.3 Å². The van der Waals surface area contributed by atoms with Gasteiger partial charge in [0, 0.05) is 5.69 Å². The molecule has 0 unspecified atom stereocenters. The number of benzene rings is 1. The maximum absolute atomic E-state index is 12.3. The summed E-state index contributed by atoms with van der Waals surface area (Å²) < 4.78 is 0. The maximum Gasteiger partial charge on any atom is 0.255 e. The predicted octanol–water partition coefficient (Wildman–Crippen LogP) is 3.71. The minimum atomic E-state index is -0.480. The van der Waals surface area contributed by atoms with E-state index in [1.165, 1.54) is 0 Å². The van der Waals surface area contributed by atoms with Crippen molar-refractivity contribution >= 4 is 17.5 Å². The lowest BCUT2D eigenvalue weighted by molar-refractivity contribution is 0.0912. The second-order valence-electron chi connectivity index (χ2n) is 5.24. The van der Waals surface area contributed by atoms with E-state index >= 15 is 0 Å². The predicted molar refractivity (Wildman–Crippen MR) is 80.9 cm³/mol. The van der Waals surface area contributed by atoms with Gasteiger partial charge in [-0.1, -0.05) is 41.9 Å². The number of pyridine rings is 1. The molecule has 2 aromatic rings. The smallest absolute Gasteiger partial charge is 0.255 e. The van der Waals surface area contributed by atoms with Crippen LogP contribution in [0.4, 0.5) is 0 Å². The van der Waals surface area contributed by atoms with Gasteiger partial charge in [0.25, 0.3) is 5.91 Å². The van der Waals surface area contributed by atoms with Crippen molar-refractivity contribution in [3.05, 3.63) is 64.4 Å². The Morgan fingerprint density at radius 1 is 1.15 bits per heavy atom. The van der Waals surface area contributed by atoms with E-state index in [1.807, 2.05) is 51.1 Å². The standard InChI is InChI=1S/C16H17ClN2O/c1-11-9-10-13(14(17)18-11)15(20)19-16(2,3)12-7-5-4-6-8-12/h4-10H,1-3H3,(H,19,20). The molecule has 1 heterocycles. The van der Waals surface area contributed by atoms with Crippen LogP contribution in [0.1, 0.15) is 35.5 Å². The number of carbonyl (C=O) groups excluding carboxylic acids is 1. The summed E-state index contributed by atoms with van der Waals surface area (Å²) in [6, 6.07) is 13.3. The van der Waals surface area contributed by atoms with Gasteiger partial charge < -0.3 is 5.32 Å². The minimum absolute atomic E-state index is 0.226. The molecule has 0 saturated carbocycles. The molecular formula is C16H17ClN2O. The Bertz CT molecular complexity index is 624. The van der Waals surface area contributed by atoms with Crippen molar-refractivity contribution in [3.63, 3.8) is 0 Å². The number of hydrogen-bond acceptors (Lipinski definition) is 2. The van der Waals surface area contributed by atoms with Gasteiger partial charge in [0.05, 0.1) is 11.1 Å². The lowest BCUT2D eigenvalue weighted by Crippen LogP contribution is -2.41. The van der Waals surface area contributed by atoms with Crippen molar-refractivity contribution < 1.29 is 4.79 Å². The normalized spacial score (nSPS) is 11.2. The van der Waals surface area contributed by atoms with Gasteiger partial charge in [0.15, 0.2) is 0 Å². The van der Waals surface area contributed by atoms with Crippen LogP contribution >= 0.6 is 11.6 Å². The van der Waals surface area contributed by atoms with Crippen LogP contribution in [0.3, 0.4) is 0 Å². The fourth-order valence-corrected chi connectivity index (χ4v) is 2.25. The van der Waals surface area contributed by atoms with Crippen molar-refractivity contribution in [1.82, 2.24) is 10.3 Å². The summed E-state index contributed by atoms with van der Waals surface area (Å²) in [7, 11) is 0. The molecule has 2 rings (SSSR count). The number of aromatic nitrogens is 1. The molecular weight excluding hydrogens is 272 g/mol. The van der Waals surface area contributed by atoms with E-state index in [0.29, 0.717) is 5.56 Å². The first-order valence-electron chi connectivity index (χ1n) is 6.41. The molecule has 20 heavy (non-hydrogen) atoms. The molecule has 0 aliphatic heterocycles. The monoisotopic (exact) mass is 288 g/mol. The van der Waals surface area contributed by atoms with E-state index in [4.69, 9.17) is 11.6 Å². The first-order valence-corrected chi connectivity index (χ1v) is 6.79. The molecule has 4 heteroatoms. The summed E-state index contributed by atoms with van der Waals surface area (Å²) in [5.41, 5.74) is 1.73. The molecule has 0 saturated heterocycles. The van der Waals surface area contributed by atoms with Gasteiger partial charge in [-0.2, -0.15) is 0 Å². The Morgan fingerprint density at radius 3 is 2.40 bits per heavy atom. The van der Waals surface area contributed by atoms with Gasteiger partial charge in [-0.25, -0.2) is 4.98 Å². The lowest BCUT2D eigenvalue weighted by Gasteiger charge is -2.27. The van der Waals surface area contributed by atoms with E-state index in [-0.39, 0.29) is 11.1 Å². The average Bonchev–Trinajstić information content (AvgIpc) is 2.39. The highest BCUT2D eigenvalue weighted by Crippen LogP contribution is 2.21. The van der Waals surface area contributed by atoms with E-state index in [1.54, 1.807) is 12.1 Å². The summed E-state index contributed by atoms with van der Waals surface area (Å²) in [6.45, 7) is 5.74. The van der Waals surface area contributed by atoms with E-state index < -0.39 is 5.54 Å². The van der Waals surface area contributed by atoms with E-state index in [2.05, 4.69) is 10.3 Å². The van der Waals surface area contributed by atoms with Gasteiger partial charge in [-0.05, 0) is 38.5 Å². The Balaban J connectivity index is 2.23. The van der Waals surface area contributed by atoms with Crippen molar-refractivity contribution in [1.29, 1.82) is 0 Å². The molecule has 0 radical (unpaired) electrons. The van der Waals surface area contributed by atoms with Gasteiger partial charge in [0.2, 0.25) is 0 Å². The highest BCUT2D eigenvalue weighted by Gasteiger charge is 2.24. The zero-order valence-corrected chi connectivity index (χ0v) is 12.5. The SMILES string of the molecule is Cc1ccc(C(=O)NC(C)(C)c2ccccc2)c(Cl)n1. The van der Waals surface area contributed by atoms with Crippen molar-refractivity contribution in [2.75, 3.05) is 0 Å². The maximum atomic E-state index is 12.3. The van der Waals surface area contributed by atoms with Crippen molar-refractivity contribution in [2.45, 2.75) is 26.3 Å². The average molecular weight is 289 g/mol. The van der Waals surface area contributed by atoms with Gasteiger partial charge in [-0.3, -0.25) is 4.79 Å². The largest absolute Gasteiger partial charge is 0.343 e. The molecule has 1 aromatic carbocycles. The van der Waals surface area contributed by atoms with Crippen LogP contribution in [0.5, 0.6) is 0 Å². The molecule has 104 valence electrons. The van der Waals surface area contributed by atoms with Gasteiger partial charge in [-0.15, -0.1) is 0 Å². The number of rotatable bonds is 3. The van der Waals surface area contributed by atoms with Crippen LogP contribution in [0.15, 0.2) is 42.5 Å². The Hall–Kier alpha value is -1.87. The number of amides is 1. The molecule has 0 spiro atoms. The first kappa shape index (κ1) is 14.5. The highest BCUT2D eigenvalue weighted by atomic mass is 35.5. The highest BCUT2D eigenvalue weighted by molar-refractivity contribution is 6.32. The number of halogens is 1. The zero-order chi connectivity index (χ0) is 14.8. The molecule has 1 N–H and O–H groups in total. The van der Waals surface area contributed by atoms with E-state index in [9.17, 15) is 4.79 Å². The quantitative estimate of drug-likeness (QED) is 0.875. The first-order chi connectivity index (χ1) is 9.40. The molecule has 1 amide bonds. The van der Waals surface area contributed by atoms with Crippen LogP contribution in [0.25, 0.3) is 0 Å². The minimum Gasteiger partial charge on any atom is -0.343 e. The third-order valence-corrected chi connectivity index (χ3v) is 3.44. The summed E-state index contributed by atoms with van der Waals surface area (Å²) in [5, 5.41) is 3.21. The van der Waals surface area contributed by atoms with Crippen LogP contribution in [0.2, 0.25) is 5.15 Å². The number of aryl methyl sites for hydroxylation is 1. The van der Waals surface area contributed by atoms with Crippen LogP contribution < -0.4 is 5.32 Å². The number of nitrogens with zero attached hydrogens (tertiary/aromatic N) is 1. The van der Waals surface area contributed by atoms with Crippen molar-refractivity contribution in [2.24, 2.45) is 0 Å². The number of hydrogen-bond donors (Lipinski definition) is 1. The second kappa shape index (κ2) is 5.63. The Labute approximate surface area is 124 Å². The van der Waals surface area contributed by atoms with Crippen LogP contribution in [0, 0.1) is 6.92 Å². The topological polar surface area (TPSA) is 42.0 Å². The lowest BCUT2D eigenvalue weighted by atomic mass is 9.94. The van der Waals surface area contributed by atoms with Crippen molar-refractivity contribution in [3.8, 4) is 0 Å². The fourth-order valence-electron chi connectivity index (χ4n) is 1.97. The fraction of sp³-hybridized carbons (Fsp3) is 0.250. The van der Waals surface area contributed by atoms with Crippen LogP contribution in [-0.2, 0) is 5.54 Å². The molecule has 0 aliphatic carbocycles. The molecule has 3 nitrogen and oxygen atoms in total. The summed E-state index contributed by atoms with van der Waals surface area (Å²) >= 11 is 6.03. The van der Waals surface area contributed by atoms with Crippen LogP contribution in [-0.4, -0.2) is 10.9 Å². The molecule has 1 aromatic heterocycles. The summed E-state index contributed by atoms with van der Waals surface area (Å²) in [4.78, 5) is 16.4. The third kappa shape index (κ3) is 3.17. The third-order valence-electron chi connectivity index (χ3n) is 3.15. The second-order valence-corrected chi connectivity index (χ2v) is 5.59. The number of carbonyl (C=O) groups is 1. The summed E-state index contributed by atoms with van der Waals surface area (Å²) in [5.74, 6) is -0.226. The molecule has 0 fully saturated rings. The van der Waals surface area contributed by atoms with Gasteiger partial charge >= 0.3 is 0 Å². The van der Waals surface area contributed by atoms with Gasteiger partial charge in [0.1, 0.15) is 5.15 Å². The molecule has 0 bridgehead atoms.